The van der Waals surface area contributed by atoms with Gasteiger partial charge in [0.1, 0.15) is 0 Å². The van der Waals surface area contributed by atoms with E-state index in [0.29, 0.717) is 6.54 Å². The molecule has 1 saturated heterocycles. The summed E-state index contributed by atoms with van der Waals surface area (Å²) in [5, 5.41) is 2.96. The van der Waals surface area contributed by atoms with Crippen molar-refractivity contribution in [3.05, 3.63) is 58.1 Å². The third kappa shape index (κ3) is 3.76. The number of rotatable bonds is 4. The highest BCUT2D eigenvalue weighted by molar-refractivity contribution is 9.10. The molecule has 0 aromatic heterocycles. The van der Waals surface area contributed by atoms with Crippen LogP contribution in [0.15, 0.2) is 46.9 Å². The van der Waals surface area contributed by atoms with Crippen LogP contribution in [0.4, 0.5) is 11.4 Å². The smallest absolute Gasteiger partial charge is 0.229 e. The minimum absolute atomic E-state index is 0.00794. The maximum Gasteiger partial charge on any atom is 0.229 e. The number of benzene rings is 2. The monoisotopic (exact) mass is 400 g/mol. The van der Waals surface area contributed by atoms with Gasteiger partial charge >= 0.3 is 0 Å². The highest BCUT2D eigenvalue weighted by Gasteiger charge is 2.35. The van der Waals surface area contributed by atoms with Gasteiger partial charge in [0.05, 0.1) is 5.92 Å². The van der Waals surface area contributed by atoms with Gasteiger partial charge in [-0.05, 0) is 48.7 Å². The molecule has 0 unspecified atom stereocenters. The molecule has 2 aromatic carbocycles. The van der Waals surface area contributed by atoms with E-state index in [1.54, 1.807) is 4.90 Å². The Morgan fingerprint density at radius 1 is 1.28 bits per heavy atom. The second-order valence-corrected chi connectivity index (χ2v) is 7.25. The van der Waals surface area contributed by atoms with Gasteiger partial charge in [0.15, 0.2) is 0 Å². The number of para-hydroxylation sites is 1. The van der Waals surface area contributed by atoms with Crippen molar-refractivity contribution in [3.63, 3.8) is 0 Å². The van der Waals surface area contributed by atoms with Crippen LogP contribution in [0.1, 0.15) is 24.5 Å². The summed E-state index contributed by atoms with van der Waals surface area (Å²) in [7, 11) is 0. The number of nitrogens with one attached hydrogen (secondary N) is 1. The largest absolute Gasteiger partial charge is 0.326 e. The Kier molecular flexibility index (Phi) is 5.23. The Morgan fingerprint density at radius 3 is 2.76 bits per heavy atom. The lowest BCUT2D eigenvalue weighted by Gasteiger charge is -2.20. The minimum atomic E-state index is -0.333. The fourth-order valence-electron chi connectivity index (χ4n) is 3.19. The lowest BCUT2D eigenvalue weighted by atomic mass is 10.1. The number of carbonyl (C=O) groups is 2. The molecule has 130 valence electrons. The molecular weight excluding hydrogens is 380 g/mol. The molecule has 1 aliphatic heterocycles. The molecule has 1 N–H and O–H groups in total. The van der Waals surface area contributed by atoms with E-state index in [1.165, 1.54) is 0 Å². The van der Waals surface area contributed by atoms with Gasteiger partial charge in [-0.3, -0.25) is 9.59 Å². The topological polar surface area (TPSA) is 49.4 Å². The number of anilines is 2. The van der Waals surface area contributed by atoms with E-state index in [9.17, 15) is 9.59 Å². The van der Waals surface area contributed by atoms with Gasteiger partial charge in [0, 0.05) is 28.8 Å². The Balaban J connectivity index is 1.74. The number of nitrogens with zero attached hydrogens (tertiary/aromatic N) is 1. The average molecular weight is 401 g/mol. The van der Waals surface area contributed by atoms with Crippen LogP contribution in [-0.4, -0.2) is 18.4 Å². The molecule has 0 spiro atoms. The van der Waals surface area contributed by atoms with Crippen molar-refractivity contribution < 1.29 is 9.59 Å². The van der Waals surface area contributed by atoms with Crippen molar-refractivity contribution in [2.24, 2.45) is 5.92 Å². The highest BCUT2D eigenvalue weighted by atomic mass is 79.9. The van der Waals surface area contributed by atoms with E-state index in [1.807, 2.05) is 49.4 Å². The number of carbonyl (C=O) groups excluding carboxylic acids is 2. The van der Waals surface area contributed by atoms with Crippen molar-refractivity contribution in [3.8, 4) is 0 Å². The van der Waals surface area contributed by atoms with E-state index in [-0.39, 0.29) is 24.2 Å². The zero-order valence-corrected chi connectivity index (χ0v) is 16.0. The summed E-state index contributed by atoms with van der Waals surface area (Å²) in [5.74, 6) is -0.427. The lowest BCUT2D eigenvalue weighted by Crippen LogP contribution is -2.28. The number of hydrogen-bond donors (Lipinski definition) is 1. The van der Waals surface area contributed by atoms with Crippen LogP contribution in [0.5, 0.6) is 0 Å². The summed E-state index contributed by atoms with van der Waals surface area (Å²) < 4.78 is 0.974. The molecule has 0 bridgehead atoms. The van der Waals surface area contributed by atoms with Crippen LogP contribution < -0.4 is 10.2 Å². The normalized spacial score (nSPS) is 17.0. The fraction of sp³-hybridized carbons (Fsp3) is 0.300. The molecular formula is C20H21BrN2O2. The van der Waals surface area contributed by atoms with Crippen LogP contribution in [0.25, 0.3) is 0 Å². The lowest BCUT2D eigenvalue weighted by molar-refractivity contribution is -0.122. The van der Waals surface area contributed by atoms with Crippen LogP contribution in [-0.2, 0) is 16.0 Å². The van der Waals surface area contributed by atoms with Gasteiger partial charge in [-0.2, -0.15) is 0 Å². The molecule has 0 aliphatic carbocycles. The first-order valence-corrected chi connectivity index (χ1v) is 9.24. The predicted octanol–water partition coefficient (Wildman–Crippen LogP) is 4.31. The van der Waals surface area contributed by atoms with Crippen molar-refractivity contribution in [2.45, 2.75) is 26.7 Å². The number of amides is 2. The molecule has 0 saturated carbocycles. The van der Waals surface area contributed by atoms with Crippen LogP contribution in [0, 0.1) is 12.8 Å². The zero-order chi connectivity index (χ0) is 18.0. The Hall–Kier alpha value is -2.14. The summed E-state index contributed by atoms with van der Waals surface area (Å²) in [6.07, 6.45) is 1.11. The first kappa shape index (κ1) is 17.7. The molecule has 1 aliphatic rings. The van der Waals surface area contributed by atoms with E-state index in [4.69, 9.17) is 0 Å². The van der Waals surface area contributed by atoms with Gasteiger partial charge in [-0.1, -0.05) is 41.1 Å². The fourth-order valence-corrected chi connectivity index (χ4v) is 3.67. The van der Waals surface area contributed by atoms with Crippen LogP contribution in [0.2, 0.25) is 0 Å². The molecule has 4 nitrogen and oxygen atoms in total. The Bertz CT molecular complexity index is 819. The molecule has 1 heterocycles. The van der Waals surface area contributed by atoms with E-state index in [2.05, 4.69) is 28.2 Å². The van der Waals surface area contributed by atoms with Crippen molar-refractivity contribution in [2.75, 3.05) is 16.8 Å². The van der Waals surface area contributed by atoms with Crippen molar-refractivity contribution >= 4 is 39.1 Å². The van der Waals surface area contributed by atoms with Crippen LogP contribution >= 0.6 is 15.9 Å². The summed E-state index contributed by atoms with van der Waals surface area (Å²) >= 11 is 3.42. The van der Waals surface area contributed by atoms with Crippen molar-refractivity contribution in [1.29, 1.82) is 0 Å². The maximum atomic E-state index is 12.6. The van der Waals surface area contributed by atoms with Gasteiger partial charge in [-0.25, -0.2) is 0 Å². The number of halogens is 1. The molecule has 2 amide bonds. The summed E-state index contributed by atoms with van der Waals surface area (Å²) in [4.78, 5) is 26.8. The molecule has 2 aromatic rings. The van der Waals surface area contributed by atoms with Gasteiger partial charge in [0.2, 0.25) is 11.8 Å². The average Bonchev–Trinajstić information content (AvgIpc) is 2.99. The number of aryl methyl sites for hydroxylation is 2. The second kappa shape index (κ2) is 7.40. The summed E-state index contributed by atoms with van der Waals surface area (Å²) in [6, 6.07) is 13.6. The first-order valence-electron chi connectivity index (χ1n) is 8.45. The molecule has 3 rings (SSSR count). The van der Waals surface area contributed by atoms with E-state index < -0.39 is 0 Å². The molecule has 1 fully saturated rings. The molecule has 0 radical (unpaired) electrons. The Morgan fingerprint density at radius 2 is 2.04 bits per heavy atom. The van der Waals surface area contributed by atoms with Crippen LogP contribution in [0.3, 0.4) is 0 Å². The van der Waals surface area contributed by atoms with Gasteiger partial charge in [0.25, 0.3) is 0 Å². The summed E-state index contributed by atoms with van der Waals surface area (Å²) in [5.41, 5.74) is 3.82. The minimum Gasteiger partial charge on any atom is -0.326 e. The highest BCUT2D eigenvalue weighted by Crippen LogP contribution is 2.29. The van der Waals surface area contributed by atoms with Gasteiger partial charge < -0.3 is 10.2 Å². The quantitative estimate of drug-likeness (QED) is 0.830. The SMILES string of the molecule is CCc1ccccc1N1C[C@@H](C(=O)Nc2ccc(Br)cc2C)CC1=O. The van der Waals surface area contributed by atoms with Gasteiger partial charge in [-0.15, -0.1) is 0 Å². The molecule has 1 atom stereocenters. The second-order valence-electron chi connectivity index (χ2n) is 6.34. The van der Waals surface area contributed by atoms with E-state index in [0.717, 1.165) is 33.4 Å². The van der Waals surface area contributed by atoms with Crippen molar-refractivity contribution in [1.82, 2.24) is 0 Å². The summed E-state index contributed by atoms with van der Waals surface area (Å²) in [6.45, 7) is 4.45. The number of hydrogen-bond acceptors (Lipinski definition) is 2. The molecule has 25 heavy (non-hydrogen) atoms. The molecule has 5 heteroatoms. The maximum absolute atomic E-state index is 12.6. The zero-order valence-electron chi connectivity index (χ0n) is 14.4. The third-order valence-electron chi connectivity index (χ3n) is 4.61. The van der Waals surface area contributed by atoms with E-state index >= 15 is 0 Å². The predicted molar refractivity (Wildman–Crippen MR) is 104 cm³/mol. The first-order chi connectivity index (χ1) is 12.0. The standard InChI is InChI=1S/C20H21BrN2O2/c1-3-14-6-4-5-7-18(14)23-12-15(11-19(23)24)20(25)22-17-9-8-16(21)10-13(17)2/h4-10,15H,3,11-12H2,1-2H3,(H,22,25)/t15-/m0/s1. The third-order valence-corrected chi connectivity index (χ3v) is 5.10. The Labute approximate surface area is 156 Å².